The van der Waals surface area contributed by atoms with Gasteiger partial charge in [-0.1, -0.05) is 12.1 Å². The fraction of sp³-hybridized carbons (Fsp3) is 0. The lowest BCUT2D eigenvalue weighted by atomic mass is 10.3. The molecule has 10 heteroatoms. The van der Waals surface area contributed by atoms with E-state index in [1.54, 1.807) is 0 Å². The summed E-state index contributed by atoms with van der Waals surface area (Å²) in [6.07, 6.45) is 0. The van der Waals surface area contributed by atoms with Crippen molar-refractivity contribution in [2.24, 2.45) is 0 Å². The van der Waals surface area contributed by atoms with Crippen LogP contribution in [-0.2, 0) is 0 Å². The van der Waals surface area contributed by atoms with Crippen LogP contribution in [0.1, 0.15) is 0 Å². The average Bonchev–Trinajstić information content (AvgIpc) is 2.08. The maximum atomic E-state index is 8.25. The lowest BCUT2D eigenvalue weighted by Crippen LogP contribution is -2.49. The van der Waals surface area contributed by atoms with Gasteiger partial charge in [0.15, 0.2) is 11.4 Å². The summed E-state index contributed by atoms with van der Waals surface area (Å²) in [5.41, 5.74) is 9.53. The van der Waals surface area contributed by atoms with Crippen molar-refractivity contribution in [1.29, 1.82) is 0 Å². The van der Waals surface area contributed by atoms with Gasteiger partial charge in [-0.25, -0.2) is 0 Å². The summed E-state index contributed by atoms with van der Waals surface area (Å²) in [5.74, 6) is 0. The molecule has 0 saturated carbocycles. The van der Waals surface area contributed by atoms with Crippen molar-refractivity contribution < 1.29 is 21.6 Å². The molecule has 1 rings (SSSR count). The lowest BCUT2D eigenvalue weighted by molar-refractivity contribution is -0.403. The van der Waals surface area contributed by atoms with E-state index in [0.717, 1.165) is 11.4 Å². The highest BCUT2D eigenvalue weighted by molar-refractivity contribution is 5.48. The van der Waals surface area contributed by atoms with Crippen LogP contribution in [0.5, 0.6) is 0 Å². The van der Waals surface area contributed by atoms with Crippen LogP contribution < -0.4 is 11.5 Å². The molecule has 0 aliphatic heterocycles. The molecule has 0 atom stereocenters. The van der Waals surface area contributed by atoms with E-state index in [4.69, 9.17) is 30.6 Å². The molecular formula is C6H10N4O6. The van der Waals surface area contributed by atoms with E-state index in [0.29, 0.717) is 0 Å². The molecule has 0 aliphatic carbocycles. The number of hydrogen-bond donors (Lipinski definition) is 2. The summed E-state index contributed by atoms with van der Waals surface area (Å²) in [6, 6.07) is 7.80. The number of hydrogen-bond acceptors (Lipinski definition) is 6. The Morgan fingerprint density at radius 2 is 1.00 bits per heavy atom. The molecule has 6 N–H and O–H groups in total. The molecule has 0 aromatic heterocycles. The zero-order valence-electron chi connectivity index (χ0n) is 8.07. The average molecular weight is 234 g/mol. The standard InChI is InChI=1S/C6H8N2.2NO3/c7-5-3-1-2-4-6(5)8;2*2-1(3)4/h1-4H,7-8H2;;/q;2*-1/p+2. The van der Waals surface area contributed by atoms with Gasteiger partial charge < -0.3 is 42.1 Å². The molecule has 90 valence electrons. The van der Waals surface area contributed by atoms with E-state index >= 15 is 0 Å². The van der Waals surface area contributed by atoms with Crippen LogP contribution in [0.2, 0.25) is 0 Å². The second-order valence-electron chi connectivity index (χ2n) is 2.22. The Kier molecular flexibility index (Phi) is 9.10. The molecule has 0 heterocycles. The van der Waals surface area contributed by atoms with Crippen LogP contribution in [0.4, 0.5) is 11.4 Å². The van der Waals surface area contributed by atoms with E-state index < -0.39 is 10.2 Å². The van der Waals surface area contributed by atoms with Gasteiger partial charge in [0.2, 0.25) is 0 Å². The third kappa shape index (κ3) is 17.6. The van der Waals surface area contributed by atoms with Gasteiger partial charge in [0.25, 0.3) is 0 Å². The lowest BCUT2D eigenvalue weighted by Gasteiger charge is -1.85. The first-order valence-corrected chi connectivity index (χ1v) is 3.63. The molecule has 1 aromatic carbocycles. The van der Waals surface area contributed by atoms with Crippen molar-refractivity contribution in [2.75, 3.05) is 0 Å². The topological polar surface area (TPSA) is 188 Å². The molecule has 16 heavy (non-hydrogen) atoms. The van der Waals surface area contributed by atoms with Crippen LogP contribution in [0.3, 0.4) is 0 Å². The number of quaternary nitrogens is 2. The monoisotopic (exact) mass is 234 g/mol. The molecule has 10 nitrogen and oxygen atoms in total. The minimum Gasteiger partial charge on any atom is -0.356 e. The van der Waals surface area contributed by atoms with Gasteiger partial charge in [-0.05, 0) is 0 Å². The normalized spacial score (nSPS) is 7.62. The quantitative estimate of drug-likeness (QED) is 0.425. The Bertz CT molecular complexity index is 303. The Morgan fingerprint density at radius 1 is 0.812 bits per heavy atom. The molecule has 0 radical (unpaired) electrons. The van der Waals surface area contributed by atoms with Gasteiger partial charge in [0.05, 0.1) is 10.2 Å². The minimum atomic E-state index is -1.75. The maximum absolute atomic E-state index is 8.25. The predicted octanol–water partition coefficient (Wildman–Crippen LogP) is -1.04. The van der Waals surface area contributed by atoms with Crippen molar-refractivity contribution in [2.45, 2.75) is 0 Å². The molecule has 0 bridgehead atoms. The Labute approximate surface area is 88.9 Å². The SMILES string of the molecule is O=[N+]([O-])[O-].O=[N+]([O-])[O-].[NH3+]c1ccccc1[NH3+]. The second kappa shape index (κ2) is 9.11. The summed E-state index contributed by atoms with van der Waals surface area (Å²) in [6.45, 7) is 0. The van der Waals surface area contributed by atoms with Crippen molar-refractivity contribution in [3.05, 3.63) is 54.9 Å². The van der Waals surface area contributed by atoms with Gasteiger partial charge in [-0.3, -0.25) is 0 Å². The second-order valence-corrected chi connectivity index (χ2v) is 2.22. The molecule has 0 aliphatic rings. The summed E-state index contributed by atoms with van der Waals surface area (Å²) in [7, 11) is 0. The van der Waals surface area contributed by atoms with E-state index in [1.807, 2.05) is 24.3 Å². The highest BCUT2D eigenvalue weighted by Crippen LogP contribution is 2.06. The van der Waals surface area contributed by atoms with Gasteiger partial charge in [-0.15, -0.1) is 0 Å². The third-order valence-corrected chi connectivity index (χ3v) is 1.12. The Morgan fingerprint density at radius 3 is 1.12 bits per heavy atom. The Hall–Kier alpha value is -2.46. The van der Waals surface area contributed by atoms with E-state index in [1.165, 1.54) is 0 Å². The van der Waals surface area contributed by atoms with Gasteiger partial charge in [0, 0.05) is 12.1 Å². The number of nitrogens with zero attached hydrogens (tertiary/aromatic N) is 2. The first-order valence-electron chi connectivity index (χ1n) is 3.63. The number of benzene rings is 1. The van der Waals surface area contributed by atoms with E-state index in [2.05, 4.69) is 11.5 Å². The molecular weight excluding hydrogens is 224 g/mol. The van der Waals surface area contributed by atoms with Crippen molar-refractivity contribution >= 4 is 11.4 Å². The van der Waals surface area contributed by atoms with Crippen LogP contribution in [-0.4, -0.2) is 10.2 Å². The highest BCUT2D eigenvalue weighted by Gasteiger charge is 1.94. The Balaban J connectivity index is 0. The van der Waals surface area contributed by atoms with Crippen LogP contribution in [0, 0.1) is 30.6 Å². The van der Waals surface area contributed by atoms with Crippen LogP contribution in [0.25, 0.3) is 0 Å². The fourth-order valence-corrected chi connectivity index (χ4v) is 0.557. The molecule has 0 amide bonds. The zero-order chi connectivity index (χ0) is 13.1. The predicted molar refractivity (Wildman–Crippen MR) is 52.3 cm³/mol. The van der Waals surface area contributed by atoms with Gasteiger partial charge in [-0.2, -0.15) is 0 Å². The minimum absolute atomic E-state index is 1.01. The zero-order valence-corrected chi connectivity index (χ0v) is 8.07. The van der Waals surface area contributed by atoms with Crippen molar-refractivity contribution in [3.8, 4) is 0 Å². The number of rotatable bonds is 0. The molecule has 1 aromatic rings. The van der Waals surface area contributed by atoms with E-state index in [9.17, 15) is 0 Å². The third-order valence-electron chi connectivity index (χ3n) is 1.12. The van der Waals surface area contributed by atoms with Crippen molar-refractivity contribution in [1.82, 2.24) is 0 Å². The molecule has 0 spiro atoms. The maximum Gasteiger partial charge on any atom is 0.189 e. The van der Waals surface area contributed by atoms with Gasteiger partial charge in [0.1, 0.15) is 0 Å². The molecule has 0 fully saturated rings. The smallest absolute Gasteiger partial charge is 0.189 e. The summed E-state index contributed by atoms with van der Waals surface area (Å²) in [4.78, 5) is 16.5. The molecule has 0 unspecified atom stereocenters. The van der Waals surface area contributed by atoms with Crippen molar-refractivity contribution in [3.63, 3.8) is 0 Å². The fourth-order valence-electron chi connectivity index (χ4n) is 0.557. The van der Waals surface area contributed by atoms with E-state index in [-0.39, 0.29) is 0 Å². The van der Waals surface area contributed by atoms with Gasteiger partial charge >= 0.3 is 0 Å². The summed E-state index contributed by atoms with van der Waals surface area (Å²) >= 11 is 0. The first-order chi connectivity index (χ1) is 7.27. The highest BCUT2D eigenvalue weighted by atomic mass is 16.9. The summed E-state index contributed by atoms with van der Waals surface area (Å²) in [5, 5.41) is 29.5. The van der Waals surface area contributed by atoms with Crippen LogP contribution >= 0.6 is 0 Å². The molecule has 0 saturated heterocycles. The summed E-state index contributed by atoms with van der Waals surface area (Å²) < 4.78 is 0. The first kappa shape index (κ1) is 16.0. The largest absolute Gasteiger partial charge is 0.356 e. The van der Waals surface area contributed by atoms with Crippen LogP contribution in [0.15, 0.2) is 24.3 Å².